The van der Waals surface area contributed by atoms with Crippen molar-refractivity contribution < 1.29 is 27.5 Å². The predicted octanol–water partition coefficient (Wildman–Crippen LogP) is 1.96. The fourth-order valence-electron chi connectivity index (χ4n) is 2.77. The summed E-state index contributed by atoms with van der Waals surface area (Å²) in [7, 11) is -3.97. The van der Waals surface area contributed by atoms with Gasteiger partial charge in [-0.05, 0) is 48.9 Å². The highest BCUT2D eigenvalue weighted by Gasteiger charge is 2.23. The van der Waals surface area contributed by atoms with Crippen LogP contribution in [0.4, 0.5) is 5.69 Å². The summed E-state index contributed by atoms with van der Waals surface area (Å²) in [6.07, 6.45) is 0.695. The molecule has 0 aliphatic rings. The second kappa shape index (κ2) is 8.96. The molecule has 1 heterocycles. The first-order valence-electron chi connectivity index (χ1n) is 9.28. The Bertz CT molecular complexity index is 1230. The minimum Gasteiger partial charge on any atom is -0.449 e. The number of imidazole rings is 1. The molecule has 11 heteroatoms. The van der Waals surface area contributed by atoms with Gasteiger partial charge in [0, 0.05) is 12.6 Å². The number of H-pyrrole nitrogens is 1. The van der Waals surface area contributed by atoms with Gasteiger partial charge in [-0.25, -0.2) is 22.9 Å². The topological polar surface area (TPSA) is 147 Å². The molecular formula is C20H20N4O6S. The number of aromatic nitrogens is 2. The number of esters is 1. The Balaban J connectivity index is 1.66. The maximum Gasteiger partial charge on any atom is 0.338 e. The molecule has 0 radical (unpaired) electrons. The number of fused-ring (bicyclic) bond motifs is 1. The van der Waals surface area contributed by atoms with Crippen LogP contribution in [0.15, 0.2) is 53.7 Å². The van der Waals surface area contributed by atoms with Crippen LogP contribution in [0.1, 0.15) is 30.6 Å². The standard InChI is InChI=1S/C20H20N4O6S/c1-3-18(30-20(27)13-4-9-16-17(10-13)22-11-21-16)19(26)23-14-5-7-15(8-6-14)31(28,29)24-12(2)25/h4-11,18H,3H2,1-2H3,(H,21,22)(H,23,26)(H,24,25). The smallest absolute Gasteiger partial charge is 0.338 e. The van der Waals surface area contributed by atoms with Gasteiger partial charge in [0.05, 0.1) is 27.8 Å². The van der Waals surface area contributed by atoms with Gasteiger partial charge < -0.3 is 15.0 Å². The van der Waals surface area contributed by atoms with Gasteiger partial charge in [0.2, 0.25) is 5.91 Å². The van der Waals surface area contributed by atoms with E-state index in [-0.39, 0.29) is 16.9 Å². The number of carbonyl (C=O) groups is 3. The van der Waals surface area contributed by atoms with Crippen molar-refractivity contribution >= 4 is 44.5 Å². The van der Waals surface area contributed by atoms with Crippen LogP contribution < -0.4 is 10.0 Å². The van der Waals surface area contributed by atoms with Crippen LogP contribution in [0.3, 0.4) is 0 Å². The fourth-order valence-corrected chi connectivity index (χ4v) is 3.76. The molecule has 0 aliphatic heterocycles. The number of nitrogens with one attached hydrogen (secondary N) is 3. The number of aromatic amines is 1. The van der Waals surface area contributed by atoms with Crippen molar-refractivity contribution in [2.24, 2.45) is 0 Å². The average Bonchev–Trinajstić information content (AvgIpc) is 3.19. The maximum absolute atomic E-state index is 12.5. The molecule has 1 unspecified atom stereocenters. The molecule has 3 N–H and O–H groups in total. The molecule has 2 aromatic carbocycles. The van der Waals surface area contributed by atoms with E-state index >= 15 is 0 Å². The minimum absolute atomic E-state index is 0.131. The summed E-state index contributed by atoms with van der Waals surface area (Å²) in [6, 6.07) is 10.0. The van der Waals surface area contributed by atoms with Gasteiger partial charge in [-0.1, -0.05) is 6.92 Å². The van der Waals surface area contributed by atoms with Gasteiger partial charge in [-0.3, -0.25) is 9.59 Å². The van der Waals surface area contributed by atoms with Crippen LogP contribution in [0.5, 0.6) is 0 Å². The first-order valence-corrected chi connectivity index (χ1v) is 10.8. The Hall–Kier alpha value is -3.73. The molecule has 10 nitrogen and oxygen atoms in total. The van der Waals surface area contributed by atoms with Gasteiger partial charge in [-0.2, -0.15) is 0 Å². The maximum atomic E-state index is 12.5. The molecule has 0 spiro atoms. The van der Waals surface area contributed by atoms with Crippen molar-refractivity contribution in [2.75, 3.05) is 5.32 Å². The van der Waals surface area contributed by atoms with Gasteiger partial charge in [-0.15, -0.1) is 0 Å². The summed E-state index contributed by atoms with van der Waals surface area (Å²) in [4.78, 5) is 42.8. The van der Waals surface area contributed by atoms with Crippen LogP contribution in [-0.2, 0) is 24.3 Å². The summed E-state index contributed by atoms with van der Waals surface area (Å²) >= 11 is 0. The summed E-state index contributed by atoms with van der Waals surface area (Å²) in [5, 5.41) is 2.58. The monoisotopic (exact) mass is 444 g/mol. The third kappa shape index (κ3) is 5.25. The number of benzene rings is 2. The second-order valence-electron chi connectivity index (χ2n) is 6.61. The quantitative estimate of drug-likeness (QED) is 0.472. The SMILES string of the molecule is CCC(OC(=O)c1ccc2nc[nH]c2c1)C(=O)Nc1ccc(S(=O)(=O)NC(C)=O)cc1. The summed E-state index contributed by atoms with van der Waals surface area (Å²) in [6.45, 7) is 2.78. The normalized spacial score (nSPS) is 12.2. The molecule has 1 aromatic heterocycles. The van der Waals surface area contributed by atoms with E-state index in [1.807, 2.05) is 4.72 Å². The van der Waals surface area contributed by atoms with Crippen molar-refractivity contribution in [3.8, 4) is 0 Å². The molecule has 3 aromatic rings. The van der Waals surface area contributed by atoms with E-state index in [1.165, 1.54) is 30.6 Å². The van der Waals surface area contributed by atoms with Crippen molar-refractivity contribution in [1.29, 1.82) is 0 Å². The van der Waals surface area contributed by atoms with Gasteiger partial charge in [0.25, 0.3) is 15.9 Å². The fraction of sp³-hybridized carbons (Fsp3) is 0.200. The van der Waals surface area contributed by atoms with E-state index in [0.717, 1.165) is 6.92 Å². The van der Waals surface area contributed by atoms with Crippen molar-refractivity contribution in [3.63, 3.8) is 0 Å². The van der Waals surface area contributed by atoms with E-state index < -0.39 is 33.9 Å². The Labute approximate surface area is 178 Å². The highest BCUT2D eigenvalue weighted by molar-refractivity contribution is 7.90. The number of carbonyl (C=O) groups excluding carboxylic acids is 3. The number of amides is 2. The first kappa shape index (κ1) is 22.0. The average molecular weight is 444 g/mol. The number of hydrogen-bond acceptors (Lipinski definition) is 7. The number of ether oxygens (including phenoxy) is 1. The van der Waals surface area contributed by atoms with Gasteiger partial charge in [0.1, 0.15) is 0 Å². The highest BCUT2D eigenvalue weighted by Crippen LogP contribution is 2.17. The number of rotatable bonds is 7. The third-order valence-corrected chi connectivity index (χ3v) is 5.73. The summed E-state index contributed by atoms with van der Waals surface area (Å²) in [5.41, 5.74) is 1.95. The molecule has 31 heavy (non-hydrogen) atoms. The molecular weight excluding hydrogens is 424 g/mol. The Morgan fingerprint density at radius 3 is 2.48 bits per heavy atom. The lowest BCUT2D eigenvalue weighted by atomic mass is 10.2. The molecule has 2 amide bonds. The van der Waals surface area contributed by atoms with Gasteiger partial charge >= 0.3 is 5.97 Å². The Morgan fingerprint density at radius 1 is 1.13 bits per heavy atom. The summed E-state index contributed by atoms with van der Waals surface area (Å²) in [5.74, 6) is -1.93. The zero-order valence-electron chi connectivity index (χ0n) is 16.7. The molecule has 0 fully saturated rings. The lowest BCUT2D eigenvalue weighted by Gasteiger charge is -2.16. The van der Waals surface area contributed by atoms with Crippen LogP contribution in [0, 0.1) is 0 Å². The van der Waals surface area contributed by atoms with Crippen molar-refractivity contribution in [2.45, 2.75) is 31.3 Å². The Morgan fingerprint density at radius 2 is 1.84 bits per heavy atom. The summed E-state index contributed by atoms with van der Waals surface area (Å²) < 4.78 is 31.1. The van der Waals surface area contributed by atoms with Crippen LogP contribution >= 0.6 is 0 Å². The second-order valence-corrected chi connectivity index (χ2v) is 8.29. The van der Waals surface area contributed by atoms with E-state index in [2.05, 4.69) is 15.3 Å². The molecule has 3 rings (SSSR count). The number of nitrogens with zero attached hydrogens (tertiary/aromatic N) is 1. The molecule has 162 valence electrons. The molecule has 0 aliphatic carbocycles. The minimum atomic E-state index is -3.97. The Kier molecular flexibility index (Phi) is 6.35. The third-order valence-electron chi connectivity index (χ3n) is 4.28. The molecule has 1 atom stereocenters. The molecule has 0 saturated carbocycles. The predicted molar refractivity (Wildman–Crippen MR) is 112 cm³/mol. The number of sulfonamides is 1. The molecule has 0 bridgehead atoms. The van der Waals surface area contributed by atoms with Crippen LogP contribution in [0.25, 0.3) is 11.0 Å². The van der Waals surface area contributed by atoms with Crippen molar-refractivity contribution in [1.82, 2.24) is 14.7 Å². The van der Waals surface area contributed by atoms with E-state index in [0.29, 0.717) is 16.7 Å². The van der Waals surface area contributed by atoms with Crippen LogP contribution in [0.2, 0.25) is 0 Å². The zero-order chi connectivity index (χ0) is 22.6. The molecule has 0 saturated heterocycles. The van der Waals surface area contributed by atoms with E-state index in [1.54, 1.807) is 25.1 Å². The largest absolute Gasteiger partial charge is 0.449 e. The number of anilines is 1. The van der Waals surface area contributed by atoms with Gasteiger partial charge in [0.15, 0.2) is 6.10 Å². The highest BCUT2D eigenvalue weighted by atomic mass is 32.2. The van der Waals surface area contributed by atoms with Crippen LogP contribution in [-0.4, -0.2) is 42.3 Å². The lowest BCUT2D eigenvalue weighted by Crippen LogP contribution is -2.32. The first-order chi connectivity index (χ1) is 14.7. The lowest BCUT2D eigenvalue weighted by molar-refractivity contribution is -0.124. The van der Waals surface area contributed by atoms with E-state index in [9.17, 15) is 22.8 Å². The number of hydrogen-bond donors (Lipinski definition) is 3. The van der Waals surface area contributed by atoms with Crippen molar-refractivity contribution in [3.05, 3.63) is 54.4 Å². The van der Waals surface area contributed by atoms with E-state index in [4.69, 9.17) is 4.74 Å². The zero-order valence-corrected chi connectivity index (χ0v) is 17.5.